The van der Waals surface area contributed by atoms with Crippen LogP contribution in [0.25, 0.3) is 0 Å². The molecule has 23 nitrogen and oxygen atoms in total. The van der Waals surface area contributed by atoms with E-state index in [0.29, 0.717) is 45.1 Å². The number of halogens is 5. The topological polar surface area (TPSA) is 332 Å². The fourth-order valence-electron chi connectivity index (χ4n) is 10.3. The van der Waals surface area contributed by atoms with Gasteiger partial charge in [-0.25, -0.2) is 9.59 Å². The summed E-state index contributed by atoms with van der Waals surface area (Å²) in [5.74, 6) is 0. The first-order valence-corrected chi connectivity index (χ1v) is 35.6. The third-order valence-corrected chi connectivity index (χ3v) is 17.1. The van der Waals surface area contributed by atoms with Gasteiger partial charge in [0.25, 0.3) is 0 Å². The third kappa shape index (κ3) is 36.3. The van der Waals surface area contributed by atoms with E-state index < -0.39 is 26.8 Å². The van der Waals surface area contributed by atoms with Gasteiger partial charge in [-0.3, -0.25) is 4.55 Å². The molecule has 106 heavy (non-hydrogen) atoms. The zero-order valence-corrected chi connectivity index (χ0v) is 68.3. The largest absolute Gasteiger partial charge is 2.00 e. The molecule has 4 aliphatic heterocycles. The smallest absolute Gasteiger partial charge is 0.512 e. The number of aliphatic hydroxyl groups is 1. The minimum absolute atomic E-state index is 0. The molecule has 4 atom stereocenters. The van der Waals surface area contributed by atoms with Crippen LogP contribution in [0.2, 0.25) is 0 Å². The number of hydrogen-bond donors (Lipinski definition) is 4. The number of benzene rings is 5. The molecular formula is C76H104Br2F3N9O14SZn. The van der Waals surface area contributed by atoms with Crippen LogP contribution in [0.4, 0.5) is 22.8 Å². The van der Waals surface area contributed by atoms with Crippen LogP contribution in [0.1, 0.15) is 167 Å². The molecule has 0 aliphatic carbocycles. The Kier molecular flexibility index (Phi) is 52.3. The van der Waals surface area contributed by atoms with Gasteiger partial charge >= 0.3 is 47.3 Å². The molecule has 5 aromatic carbocycles. The zero-order chi connectivity index (χ0) is 78.1. The maximum Gasteiger partial charge on any atom is 2.00 e. The number of carbonyl (C=O) groups excluding carboxylic acids is 2. The summed E-state index contributed by atoms with van der Waals surface area (Å²) in [5.41, 5.74) is 5.95. The number of carbonyl (C=O) groups is 2. The number of nitrogens with zero attached hydrogens (tertiary/aromatic N) is 7. The summed E-state index contributed by atoms with van der Waals surface area (Å²) >= 11 is 6.97. The molecule has 4 aliphatic rings. The van der Waals surface area contributed by atoms with Gasteiger partial charge in [-0.05, 0) is 175 Å². The number of alkyl halides is 3. The molecule has 2 unspecified atom stereocenters. The molecule has 0 aromatic heterocycles. The minimum Gasteiger partial charge on any atom is -0.512 e. The molecule has 9 rings (SSSR count). The number of nitrogens with one attached hydrogen (secondary N) is 2. The Morgan fingerprint density at radius 1 is 0.594 bits per heavy atom. The summed E-state index contributed by atoms with van der Waals surface area (Å²) < 4.78 is 103. The van der Waals surface area contributed by atoms with Crippen LogP contribution in [-0.2, 0) is 99.6 Å². The molecule has 580 valence electrons. The predicted octanol–water partition coefficient (Wildman–Crippen LogP) is 15.0. The van der Waals surface area contributed by atoms with Crippen LogP contribution < -0.4 is 10.6 Å². The van der Waals surface area contributed by atoms with Crippen molar-refractivity contribution in [2.75, 3.05) is 102 Å². The zero-order valence-electron chi connectivity index (χ0n) is 61.4. The van der Waals surface area contributed by atoms with E-state index in [2.05, 4.69) is 85.8 Å². The van der Waals surface area contributed by atoms with E-state index in [9.17, 15) is 28.0 Å². The minimum atomic E-state index is -5.84. The molecule has 4 N–H and O–H groups in total. The second kappa shape index (κ2) is 53.7. The van der Waals surface area contributed by atoms with E-state index >= 15 is 0 Å². The molecular weight excluding hydrogens is 1580 g/mol. The number of aliphatic hydroxyl groups excluding tert-OH is 1. The van der Waals surface area contributed by atoms with Crippen molar-refractivity contribution < 1.29 is 98.2 Å². The van der Waals surface area contributed by atoms with E-state index in [1.807, 2.05) is 135 Å². The molecule has 5 aromatic rings. The summed E-state index contributed by atoms with van der Waals surface area (Å²) in [6, 6.07) is 38.1. The Balaban J connectivity index is -0.00000119. The molecule has 2 amide bonds. The standard InChI is InChI=1S/C17H22N2O3.C16H22BrNO3.2C12H14N2O.C8H9BrO.C6H14O2.CHF3O3S.2CN.2CH4.Zn/c1-17(2,3)22-16(20)19(4)11-15-14-7-5-6-12(10-18)13(14)8-9-21-15;1-16(2,3)21-15(19)18(4)10-14-12-6-5-7-13(17)11(12)8-9-20-14;2*1-14-8-12-11-4-2-3-9(7-13)10(11)5-6-15-12;9-8-4-2-1-3-7(8)5-6-10;1-4-5-6(7-2)8-3;2-1(3,4)8(5,6)7;2*1-2;;;/h5-7,15H,8-9,11H2,1-4H3;5-7,14H,8-10H2,1-4H3;2*2-4,12,14H,5-6,8H2,1H3;1-4,10H,5-6H2;6H,4-5H2,1-3H3;(H,5,6,7);;;2*1H4;/q;;;;;;;2*-1;;;+2/t;;2*12-;;;;;;;;/m..10......../s1. The maximum absolute atomic E-state index is 12.1. The number of hydrogen-bond acceptors (Lipinski definition) is 20. The number of amides is 2. The van der Waals surface area contributed by atoms with Gasteiger partial charge in [0.05, 0.1) is 86.6 Å². The Morgan fingerprint density at radius 3 is 1.20 bits per heavy atom. The molecule has 0 bridgehead atoms. The first-order chi connectivity index (χ1) is 48.8. The number of ether oxygens (including phenoxy) is 8. The van der Waals surface area contributed by atoms with Gasteiger partial charge in [0.15, 0.2) is 6.29 Å². The number of fused-ring (bicyclic) bond motifs is 4. The number of likely N-dealkylation sites (N-methyl/N-ethyl adjacent to an activating group) is 4. The van der Waals surface area contributed by atoms with Crippen LogP contribution in [0.5, 0.6) is 0 Å². The van der Waals surface area contributed by atoms with Crippen molar-refractivity contribution in [2.24, 2.45) is 0 Å². The second-order valence-corrected chi connectivity index (χ2v) is 27.8. The predicted molar refractivity (Wildman–Crippen MR) is 401 cm³/mol. The third-order valence-electron chi connectivity index (χ3n) is 15.0. The van der Waals surface area contributed by atoms with Crippen molar-refractivity contribution in [3.8, 4) is 18.2 Å². The van der Waals surface area contributed by atoms with Gasteiger partial charge in [-0.15, -0.1) is 0 Å². The van der Waals surface area contributed by atoms with Gasteiger partial charge in [0.1, 0.15) is 23.4 Å². The summed E-state index contributed by atoms with van der Waals surface area (Å²) in [4.78, 5) is 27.2. The van der Waals surface area contributed by atoms with Crippen LogP contribution in [-0.4, -0.2) is 165 Å². The molecule has 0 radical (unpaired) electrons. The quantitative estimate of drug-likeness (QED) is 0.0264. The van der Waals surface area contributed by atoms with Crippen molar-refractivity contribution in [1.82, 2.24) is 20.4 Å². The monoisotopic (exact) mass is 1680 g/mol. The van der Waals surface area contributed by atoms with Crippen LogP contribution in [0.15, 0.2) is 106 Å². The SMILES string of the molecule is C.C.CCCC(OC)OC.CN(CC1OCCc2c(Br)cccc21)C(=O)OC(C)(C)C.CN(CC1OCCc2c(C#N)cccc21)C(=O)OC(C)(C)C.CNC[C@@H]1OCCc2c(C#N)cccc21.CNC[C@H]1OCCc2c(C#N)cccc21.O=S(=O)(O)C(F)(F)F.OCCc1ccccc1Br.[C-]#N.[C-]#N.[Zn+2]. The second-order valence-electron chi connectivity index (χ2n) is 24.7. The Hall–Kier alpha value is -6.99. The normalized spacial score (nSPS) is 15.5. The Bertz CT molecular complexity index is 3610. The molecule has 0 spiro atoms. The first-order valence-electron chi connectivity index (χ1n) is 32.6. The average Bonchev–Trinajstić information content (AvgIpc) is 0.824. The fraction of sp³-hybridized carbons (Fsp3) is 0.513. The molecule has 4 heterocycles. The molecule has 0 saturated carbocycles. The van der Waals surface area contributed by atoms with E-state index in [4.69, 9.17) is 90.2 Å². The summed E-state index contributed by atoms with van der Waals surface area (Å²) in [6.07, 6.45) is 5.26. The van der Waals surface area contributed by atoms with Crippen molar-refractivity contribution >= 4 is 54.2 Å². The first kappa shape index (κ1) is 103. The van der Waals surface area contributed by atoms with E-state index in [1.165, 1.54) is 10.5 Å². The number of rotatable bonds is 14. The van der Waals surface area contributed by atoms with E-state index in [-0.39, 0.29) is 83.8 Å². The van der Waals surface area contributed by atoms with Gasteiger partial charge < -0.3 is 87.1 Å². The number of nitriles is 3. The fourth-order valence-corrected chi connectivity index (χ4v) is 11.4. The van der Waals surface area contributed by atoms with Gasteiger partial charge in [-0.2, -0.15) is 37.4 Å². The molecule has 30 heteroatoms. The van der Waals surface area contributed by atoms with Crippen LogP contribution in [0.3, 0.4) is 0 Å². The van der Waals surface area contributed by atoms with Gasteiger partial charge in [0, 0.05) is 57.0 Å². The van der Waals surface area contributed by atoms with E-state index in [0.717, 1.165) is 123 Å². The van der Waals surface area contributed by atoms with Crippen LogP contribution >= 0.6 is 31.9 Å². The van der Waals surface area contributed by atoms with Crippen molar-refractivity contribution in [3.63, 3.8) is 0 Å². The van der Waals surface area contributed by atoms with Crippen LogP contribution in [0, 0.1) is 57.7 Å². The average molecular weight is 1680 g/mol. The Morgan fingerprint density at radius 2 is 0.906 bits per heavy atom. The van der Waals surface area contributed by atoms with Crippen molar-refractivity contribution in [2.45, 2.75) is 156 Å². The number of methoxy groups -OCH3 is 2. The Labute approximate surface area is 656 Å². The van der Waals surface area contributed by atoms with Crippen molar-refractivity contribution in [1.29, 1.82) is 26.3 Å². The van der Waals surface area contributed by atoms with E-state index in [1.54, 1.807) is 33.2 Å². The summed E-state index contributed by atoms with van der Waals surface area (Å²) in [5, 5.41) is 54.5. The molecule has 0 fully saturated rings. The summed E-state index contributed by atoms with van der Waals surface area (Å²) in [7, 11) is 4.72. The van der Waals surface area contributed by atoms with Gasteiger partial charge in [-0.1, -0.05) is 127 Å². The summed E-state index contributed by atoms with van der Waals surface area (Å²) in [6.45, 7) is 28.0. The maximum atomic E-state index is 12.1. The van der Waals surface area contributed by atoms with Gasteiger partial charge in [0.2, 0.25) is 0 Å². The van der Waals surface area contributed by atoms with Crippen molar-refractivity contribution in [3.05, 3.63) is 186 Å². The molecule has 0 saturated heterocycles.